The predicted molar refractivity (Wildman–Crippen MR) is 85.1 cm³/mol. The number of fused-ring (bicyclic) bond motifs is 1. The standard InChI is InChI=1S/C17H17F2N3O3/c1-25-17(24)21-7-6-14-12(10-21)9-15(23)22(20-14)8-5-11-3-2-4-13(18)16(11)19/h2-4,9H,5-8,10H2,1H3. The molecule has 8 heteroatoms. The zero-order valence-electron chi connectivity index (χ0n) is 13.7. The van der Waals surface area contributed by atoms with Gasteiger partial charge in [-0.2, -0.15) is 5.10 Å². The molecule has 1 aliphatic heterocycles. The number of halogens is 2. The average Bonchev–Trinajstić information content (AvgIpc) is 2.62. The zero-order chi connectivity index (χ0) is 18.0. The van der Waals surface area contributed by atoms with E-state index >= 15 is 0 Å². The van der Waals surface area contributed by atoms with Crippen LogP contribution in [0.1, 0.15) is 16.8 Å². The Morgan fingerprint density at radius 3 is 2.92 bits per heavy atom. The Morgan fingerprint density at radius 1 is 1.36 bits per heavy atom. The summed E-state index contributed by atoms with van der Waals surface area (Å²) in [7, 11) is 1.31. The van der Waals surface area contributed by atoms with Crippen molar-refractivity contribution in [1.29, 1.82) is 0 Å². The van der Waals surface area contributed by atoms with Crippen molar-refractivity contribution in [3.05, 3.63) is 63.1 Å². The SMILES string of the molecule is COC(=O)N1CCc2nn(CCc3cccc(F)c3F)c(=O)cc2C1. The van der Waals surface area contributed by atoms with Gasteiger partial charge in [0.25, 0.3) is 5.56 Å². The van der Waals surface area contributed by atoms with Crippen molar-refractivity contribution in [2.24, 2.45) is 0 Å². The minimum Gasteiger partial charge on any atom is -0.453 e. The molecule has 2 aromatic rings. The monoisotopic (exact) mass is 349 g/mol. The molecule has 0 saturated carbocycles. The van der Waals surface area contributed by atoms with Crippen molar-refractivity contribution >= 4 is 6.09 Å². The third kappa shape index (κ3) is 3.52. The maximum Gasteiger partial charge on any atom is 0.409 e. The molecule has 1 amide bonds. The van der Waals surface area contributed by atoms with Gasteiger partial charge < -0.3 is 9.64 Å². The first-order valence-electron chi connectivity index (χ1n) is 7.85. The number of hydrogen-bond donors (Lipinski definition) is 0. The van der Waals surface area contributed by atoms with Crippen LogP contribution >= 0.6 is 0 Å². The number of carbonyl (C=O) groups is 1. The molecule has 0 spiro atoms. The summed E-state index contributed by atoms with van der Waals surface area (Å²) in [6.07, 6.45) is 0.208. The molecular weight excluding hydrogens is 332 g/mol. The average molecular weight is 349 g/mol. The van der Waals surface area contributed by atoms with Gasteiger partial charge in [0.2, 0.25) is 0 Å². The molecule has 0 bridgehead atoms. The van der Waals surface area contributed by atoms with Crippen molar-refractivity contribution < 1.29 is 18.3 Å². The van der Waals surface area contributed by atoms with E-state index in [0.717, 1.165) is 11.8 Å². The highest BCUT2D eigenvalue weighted by molar-refractivity contribution is 5.67. The maximum atomic E-state index is 13.7. The molecule has 2 heterocycles. The lowest BCUT2D eigenvalue weighted by atomic mass is 10.1. The van der Waals surface area contributed by atoms with Gasteiger partial charge in [0, 0.05) is 31.1 Å². The quantitative estimate of drug-likeness (QED) is 0.849. The molecular formula is C17H17F2N3O3. The van der Waals surface area contributed by atoms with Crippen molar-refractivity contribution in [3.8, 4) is 0 Å². The van der Waals surface area contributed by atoms with Gasteiger partial charge in [0.05, 0.1) is 19.3 Å². The van der Waals surface area contributed by atoms with Crippen LogP contribution in [0.4, 0.5) is 13.6 Å². The summed E-state index contributed by atoms with van der Waals surface area (Å²) in [6.45, 7) is 0.861. The van der Waals surface area contributed by atoms with Crippen molar-refractivity contribution in [2.45, 2.75) is 25.9 Å². The first-order chi connectivity index (χ1) is 12.0. The summed E-state index contributed by atoms with van der Waals surface area (Å²) in [5, 5.41) is 4.31. The van der Waals surface area contributed by atoms with Gasteiger partial charge in [0.15, 0.2) is 11.6 Å². The van der Waals surface area contributed by atoms with Crippen LogP contribution in [-0.4, -0.2) is 34.4 Å². The number of ether oxygens (including phenoxy) is 1. The van der Waals surface area contributed by atoms with Gasteiger partial charge in [-0.15, -0.1) is 0 Å². The number of hydrogen-bond acceptors (Lipinski definition) is 4. The van der Waals surface area contributed by atoms with E-state index in [0.29, 0.717) is 18.5 Å². The number of aryl methyl sites for hydroxylation is 2. The third-order valence-electron chi connectivity index (χ3n) is 4.20. The number of aromatic nitrogens is 2. The molecule has 0 saturated heterocycles. The Bertz CT molecular complexity index is 867. The molecule has 0 fully saturated rings. The lowest BCUT2D eigenvalue weighted by Crippen LogP contribution is -2.38. The number of nitrogens with zero attached hydrogens (tertiary/aromatic N) is 3. The van der Waals surface area contributed by atoms with Crippen LogP contribution in [0.2, 0.25) is 0 Å². The molecule has 1 aliphatic rings. The number of rotatable bonds is 3. The lowest BCUT2D eigenvalue weighted by Gasteiger charge is -2.27. The molecule has 0 N–H and O–H groups in total. The molecule has 1 aromatic carbocycles. The summed E-state index contributed by atoms with van der Waals surface area (Å²) in [5.41, 5.74) is 1.25. The second kappa shape index (κ2) is 7.00. The van der Waals surface area contributed by atoms with Crippen LogP contribution in [0.5, 0.6) is 0 Å². The second-order valence-corrected chi connectivity index (χ2v) is 5.78. The van der Waals surface area contributed by atoms with Gasteiger partial charge in [0.1, 0.15) is 0 Å². The Hall–Kier alpha value is -2.77. The summed E-state index contributed by atoms with van der Waals surface area (Å²) in [5.74, 6) is -1.81. The van der Waals surface area contributed by atoms with Crippen LogP contribution < -0.4 is 5.56 Å². The minimum absolute atomic E-state index is 0.146. The van der Waals surface area contributed by atoms with E-state index in [-0.39, 0.29) is 30.6 Å². The second-order valence-electron chi connectivity index (χ2n) is 5.78. The maximum absolute atomic E-state index is 13.7. The Kier molecular flexibility index (Phi) is 4.78. The Balaban J connectivity index is 1.77. The van der Waals surface area contributed by atoms with Crippen LogP contribution in [0, 0.1) is 11.6 Å². The number of carbonyl (C=O) groups excluding carboxylic acids is 1. The summed E-state index contributed by atoms with van der Waals surface area (Å²) < 4.78 is 32.9. The fraction of sp³-hybridized carbons (Fsp3) is 0.353. The lowest BCUT2D eigenvalue weighted by molar-refractivity contribution is 0.118. The molecule has 1 aromatic heterocycles. The van der Waals surface area contributed by atoms with Gasteiger partial charge in [-0.1, -0.05) is 12.1 Å². The van der Waals surface area contributed by atoms with Crippen LogP contribution in [0.3, 0.4) is 0 Å². The van der Waals surface area contributed by atoms with Gasteiger partial charge in [-0.25, -0.2) is 18.3 Å². The van der Waals surface area contributed by atoms with Crippen LogP contribution in [0.25, 0.3) is 0 Å². The normalized spacial score (nSPS) is 13.5. The van der Waals surface area contributed by atoms with E-state index in [1.807, 2.05) is 0 Å². The number of methoxy groups -OCH3 is 1. The smallest absolute Gasteiger partial charge is 0.409 e. The molecule has 6 nitrogen and oxygen atoms in total. The molecule has 0 aliphatic carbocycles. The first kappa shape index (κ1) is 17.1. The van der Waals surface area contributed by atoms with E-state index in [2.05, 4.69) is 9.84 Å². The zero-order valence-corrected chi connectivity index (χ0v) is 13.7. The van der Waals surface area contributed by atoms with E-state index < -0.39 is 17.7 Å². The Labute approximate surface area is 142 Å². The topological polar surface area (TPSA) is 64.4 Å². The van der Waals surface area contributed by atoms with Crippen molar-refractivity contribution in [2.75, 3.05) is 13.7 Å². The van der Waals surface area contributed by atoms with Gasteiger partial charge in [-0.05, 0) is 18.1 Å². The van der Waals surface area contributed by atoms with Gasteiger partial charge in [-0.3, -0.25) is 4.79 Å². The molecule has 0 unspecified atom stereocenters. The fourth-order valence-electron chi connectivity index (χ4n) is 2.85. The number of amides is 1. The van der Waals surface area contributed by atoms with E-state index in [4.69, 9.17) is 0 Å². The predicted octanol–water partition coefficient (Wildman–Crippen LogP) is 1.89. The van der Waals surface area contributed by atoms with E-state index in [9.17, 15) is 18.4 Å². The minimum atomic E-state index is -0.911. The third-order valence-corrected chi connectivity index (χ3v) is 4.20. The highest BCUT2D eigenvalue weighted by Crippen LogP contribution is 2.16. The summed E-state index contributed by atoms with van der Waals surface area (Å²) in [6, 6.07) is 5.39. The van der Waals surface area contributed by atoms with Crippen LogP contribution in [0.15, 0.2) is 29.1 Å². The van der Waals surface area contributed by atoms with Gasteiger partial charge >= 0.3 is 6.09 Å². The molecule has 0 atom stereocenters. The first-order valence-corrected chi connectivity index (χ1v) is 7.85. The molecule has 132 valence electrons. The fourth-order valence-corrected chi connectivity index (χ4v) is 2.85. The highest BCUT2D eigenvalue weighted by Gasteiger charge is 2.23. The Morgan fingerprint density at radius 2 is 2.16 bits per heavy atom. The van der Waals surface area contributed by atoms with Crippen molar-refractivity contribution in [1.82, 2.24) is 14.7 Å². The molecule has 3 rings (SSSR count). The summed E-state index contributed by atoms with van der Waals surface area (Å²) >= 11 is 0. The van der Waals surface area contributed by atoms with Crippen LogP contribution in [-0.2, 0) is 30.7 Å². The van der Waals surface area contributed by atoms with E-state index in [1.54, 1.807) is 0 Å². The summed E-state index contributed by atoms with van der Waals surface area (Å²) in [4.78, 5) is 25.3. The molecule has 0 radical (unpaired) electrons. The van der Waals surface area contributed by atoms with Crippen molar-refractivity contribution in [3.63, 3.8) is 0 Å². The van der Waals surface area contributed by atoms with E-state index in [1.165, 1.54) is 34.9 Å². The molecule has 25 heavy (non-hydrogen) atoms. The highest BCUT2D eigenvalue weighted by atomic mass is 19.2. The largest absolute Gasteiger partial charge is 0.453 e. The number of benzene rings is 1.